The van der Waals surface area contributed by atoms with Gasteiger partial charge in [0.1, 0.15) is 5.78 Å². The maximum absolute atomic E-state index is 12.2. The topological polar surface area (TPSA) is 46.9 Å². The maximum atomic E-state index is 12.2. The molecule has 1 N–H and O–H groups in total. The van der Waals surface area contributed by atoms with E-state index < -0.39 is 0 Å². The largest absolute Gasteiger partial charge is 0.317 e. The lowest BCUT2D eigenvalue weighted by atomic mass is 9.91. The predicted octanol–water partition coefficient (Wildman–Crippen LogP) is 2.25. The Hall–Kier alpha value is -0.680. The van der Waals surface area contributed by atoms with E-state index in [-0.39, 0.29) is 0 Å². The first-order chi connectivity index (χ1) is 9.11. The minimum atomic E-state index is 0.332. The molecule has 0 saturated carbocycles. The molecule has 0 bridgehead atoms. The van der Waals surface area contributed by atoms with Crippen molar-refractivity contribution >= 4 is 21.7 Å². The molecule has 1 aliphatic heterocycles. The standard InChI is InChI=1S/C14H22BrN3O/c1-3-12-14(15)13(18(2)17-12)9-11(19)8-10-4-6-16-7-5-10/h10,16H,3-9H2,1-2H3. The van der Waals surface area contributed by atoms with Gasteiger partial charge in [0.05, 0.1) is 15.9 Å². The predicted molar refractivity (Wildman–Crippen MR) is 79.2 cm³/mol. The molecule has 0 amide bonds. The first kappa shape index (κ1) is 14.7. The van der Waals surface area contributed by atoms with Crippen molar-refractivity contribution in [2.45, 2.75) is 39.0 Å². The number of aromatic nitrogens is 2. The lowest BCUT2D eigenvalue weighted by Gasteiger charge is -2.21. The van der Waals surface area contributed by atoms with Crippen LogP contribution in [0.2, 0.25) is 0 Å². The molecule has 4 nitrogen and oxygen atoms in total. The van der Waals surface area contributed by atoms with Crippen LogP contribution in [0.15, 0.2) is 4.47 Å². The molecule has 1 aromatic heterocycles. The third-order valence-corrected chi connectivity index (χ3v) is 4.76. The SMILES string of the molecule is CCc1nn(C)c(CC(=O)CC2CCNCC2)c1Br. The van der Waals surface area contributed by atoms with Gasteiger partial charge in [0.2, 0.25) is 0 Å². The van der Waals surface area contributed by atoms with E-state index in [2.05, 4.69) is 33.3 Å². The van der Waals surface area contributed by atoms with Crippen molar-refractivity contribution < 1.29 is 4.79 Å². The number of rotatable bonds is 5. The third-order valence-electron chi connectivity index (χ3n) is 3.84. The molecular formula is C14H22BrN3O. The Labute approximate surface area is 123 Å². The maximum Gasteiger partial charge on any atom is 0.139 e. The summed E-state index contributed by atoms with van der Waals surface area (Å²) in [6.07, 6.45) is 4.34. The number of aryl methyl sites for hydroxylation is 2. The summed E-state index contributed by atoms with van der Waals surface area (Å²) in [5, 5.41) is 7.77. The van der Waals surface area contributed by atoms with E-state index in [1.165, 1.54) is 0 Å². The molecule has 106 valence electrons. The molecule has 0 spiro atoms. The number of piperidine rings is 1. The van der Waals surface area contributed by atoms with Crippen molar-refractivity contribution in [2.24, 2.45) is 13.0 Å². The molecule has 19 heavy (non-hydrogen) atoms. The second-order valence-corrected chi connectivity index (χ2v) is 6.09. The normalized spacial score (nSPS) is 16.8. The van der Waals surface area contributed by atoms with Crippen molar-refractivity contribution in [1.29, 1.82) is 0 Å². The second-order valence-electron chi connectivity index (χ2n) is 5.30. The number of Topliss-reactive ketones (excluding diaryl/α,β-unsaturated/α-hetero) is 1. The van der Waals surface area contributed by atoms with Gasteiger partial charge in [-0.1, -0.05) is 6.92 Å². The monoisotopic (exact) mass is 327 g/mol. The van der Waals surface area contributed by atoms with E-state index in [1.54, 1.807) is 0 Å². The molecule has 0 aromatic carbocycles. The Kier molecular flexibility index (Phi) is 5.16. The van der Waals surface area contributed by atoms with Crippen molar-refractivity contribution in [2.75, 3.05) is 13.1 Å². The van der Waals surface area contributed by atoms with Crippen molar-refractivity contribution in [3.63, 3.8) is 0 Å². The van der Waals surface area contributed by atoms with Gasteiger partial charge >= 0.3 is 0 Å². The van der Waals surface area contributed by atoms with Crippen LogP contribution >= 0.6 is 15.9 Å². The summed E-state index contributed by atoms with van der Waals surface area (Å²) in [6, 6.07) is 0. The van der Waals surface area contributed by atoms with Crippen LogP contribution in [0.25, 0.3) is 0 Å². The number of halogens is 1. The summed E-state index contributed by atoms with van der Waals surface area (Å²) in [5.74, 6) is 0.893. The number of ketones is 1. The summed E-state index contributed by atoms with van der Waals surface area (Å²) < 4.78 is 2.85. The van der Waals surface area contributed by atoms with E-state index in [1.807, 2.05) is 11.7 Å². The van der Waals surface area contributed by atoms with E-state index in [9.17, 15) is 4.79 Å². The Morgan fingerprint density at radius 2 is 2.16 bits per heavy atom. The van der Waals surface area contributed by atoms with Gasteiger partial charge in [0, 0.05) is 19.9 Å². The zero-order valence-corrected chi connectivity index (χ0v) is 13.3. The minimum absolute atomic E-state index is 0.332. The smallest absolute Gasteiger partial charge is 0.139 e. The van der Waals surface area contributed by atoms with E-state index in [4.69, 9.17) is 0 Å². The molecule has 2 heterocycles. The van der Waals surface area contributed by atoms with Gasteiger partial charge in [0.15, 0.2) is 0 Å². The van der Waals surface area contributed by atoms with E-state index >= 15 is 0 Å². The Morgan fingerprint density at radius 3 is 2.74 bits per heavy atom. The summed E-state index contributed by atoms with van der Waals surface area (Å²) in [6.45, 7) is 4.17. The molecule has 5 heteroatoms. The number of nitrogens with one attached hydrogen (secondary N) is 1. The fourth-order valence-corrected chi connectivity index (χ4v) is 3.44. The molecule has 1 aliphatic rings. The highest BCUT2D eigenvalue weighted by Gasteiger charge is 2.20. The fourth-order valence-electron chi connectivity index (χ4n) is 2.68. The highest BCUT2D eigenvalue weighted by atomic mass is 79.9. The fraction of sp³-hybridized carbons (Fsp3) is 0.714. The van der Waals surface area contributed by atoms with Crippen molar-refractivity contribution in [3.8, 4) is 0 Å². The third kappa shape index (κ3) is 3.66. The average Bonchev–Trinajstić information content (AvgIpc) is 2.67. The van der Waals surface area contributed by atoms with Crippen LogP contribution in [0.4, 0.5) is 0 Å². The van der Waals surface area contributed by atoms with Gasteiger partial charge in [-0.05, 0) is 54.2 Å². The molecule has 0 aliphatic carbocycles. The van der Waals surface area contributed by atoms with Gasteiger partial charge < -0.3 is 5.32 Å². The number of hydrogen-bond acceptors (Lipinski definition) is 3. The summed E-state index contributed by atoms with van der Waals surface area (Å²) in [4.78, 5) is 12.2. The van der Waals surface area contributed by atoms with Crippen LogP contribution in [0.5, 0.6) is 0 Å². The van der Waals surface area contributed by atoms with Crippen LogP contribution < -0.4 is 5.32 Å². The highest BCUT2D eigenvalue weighted by molar-refractivity contribution is 9.10. The van der Waals surface area contributed by atoms with Crippen LogP contribution in [-0.4, -0.2) is 28.7 Å². The van der Waals surface area contributed by atoms with Crippen LogP contribution in [0, 0.1) is 5.92 Å². The molecular weight excluding hydrogens is 306 g/mol. The lowest BCUT2D eigenvalue weighted by molar-refractivity contribution is -0.119. The first-order valence-corrected chi connectivity index (χ1v) is 7.83. The molecule has 0 atom stereocenters. The van der Waals surface area contributed by atoms with Crippen LogP contribution in [-0.2, 0) is 24.7 Å². The zero-order chi connectivity index (χ0) is 13.8. The number of carbonyl (C=O) groups is 1. The Morgan fingerprint density at radius 1 is 1.47 bits per heavy atom. The zero-order valence-electron chi connectivity index (χ0n) is 11.7. The van der Waals surface area contributed by atoms with Gasteiger partial charge in [-0.2, -0.15) is 5.10 Å². The quantitative estimate of drug-likeness (QED) is 0.902. The van der Waals surface area contributed by atoms with Gasteiger partial charge in [-0.3, -0.25) is 9.48 Å². The molecule has 2 rings (SSSR count). The van der Waals surface area contributed by atoms with Gasteiger partial charge in [0.25, 0.3) is 0 Å². The second kappa shape index (κ2) is 6.66. The number of hydrogen-bond donors (Lipinski definition) is 1. The highest BCUT2D eigenvalue weighted by Crippen LogP contribution is 2.24. The molecule has 1 fully saturated rings. The van der Waals surface area contributed by atoms with Gasteiger partial charge in [-0.25, -0.2) is 0 Å². The van der Waals surface area contributed by atoms with Crippen LogP contribution in [0.3, 0.4) is 0 Å². The van der Waals surface area contributed by atoms with Crippen LogP contribution in [0.1, 0.15) is 37.6 Å². The Bertz CT molecular complexity index is 450. The molecule has 1 aromatic rings. The minimum Gasteiger partial charge on any atom is -0.317 e. The first-order valence-electron chi connectivity index (χ1n) is 7.04. The summed E-state index contributed by atoms with van der Waals surface area (Å²) in [5.41, 5.74) is 2.04. The summed E-state index contributed by atoms with van der Waals surface area (Å²) >= 11 is 3.57. The lowest BCUT2D eigenvalue weighted by Crippen LogP contribution is -2.29. The Balaban J connectivity index is 1.96. The number of carbonyl (C=O) groups excluding carboxylic acids is 1. The number of nitrogens with zero attached hydrogens (tertiary/aromatic N) is 2. The molecule has 0 unspecified atom stereocenters. The van der Waals surface area contributed by atoms with Gasteiger partial charge in [-0.15, -0.1) is 0 Å². The van der Waals surface area contributed by atoms with Crippen molar-refractivity contribution in [3.05, 3.63) is 15.9 Å². The molecule has 0 radical (unpaired) electrons. The average molecular weight is 328 g/mol. The summed E-state index contributed by atoms with van der Waals surface area (Å²) in [7, 11) is 1.91. The van der Waals surface area contributed by atoms with E-state index in [0.29, 0.717) is 24.5 Å². The molecule has 1 saturated heterocycles. The van der Waals surface area contributed by atoms with E-state index in [0.717, 1.165) is 48.2 Å². The van der Waals surface area contributed by atoms with Crippen molar-refractivity contribution in [1.82, 2.24) is 15.1 Å².